The van der Waals surface area contributed by atoms with E-state index >= 15 is 0 Å². The molecule has 1 aliphatic carbocycles. The molecule has 4 aliphatic rings. The first-order chi connectivity index (χ1) is 17.8. The number of fused-ring (bicyclic) bond motifs is 5. The molecule has 6 rings (SSSR count). The normalized spacial score (nSPS) is 25.7. The summed E-state index contributed by atoms with van der Waals surface area (Å²) in [5.41, 5.74) is 2.85. The van der Waals surface area contributed by atoms with Crippen molar-refractivity contribution < 1.29 is 33.4 Å². The van der Waals surface area contributed by atoms with E-state index in [-0.39, 0.29) is 50.9 Å². The van der Waals surface area contributed by atoms with Gasteiger partial charge in [0.15, 0.2) is 12.3 Å². The zero-order valence-corrected chi connectivity index (χ0v) is 20.3. The van der Waals surface area contributed by atoms with Crippen molar-refractivity contribution in [2.75, 3.05) is 20.1 Å². The Hall–Kier alpha value is -3.83. The van der Waals surface area contributed by atoms with Crippen molar-refractivity contribution in [3.63, 3.8) is 0 Å². The van der Waals surface area contributed by atoms with Crippen LogP contribution in [-0.2, 0) is 25.6 Å². The number of nitrogens with one attached hydrogen (secondary N) is 1. The van der Waals surface area contributed by atoms with Gasteiger partial charge in [-0.15, -0.1) is 0 Å². The van der Waals surface area contributed by atoms with Gasteiger partial charge >= 0.3 is 12.0 Å². The summed E-state index contributed by atoms with van der Waals surface area (Å²) in [5, 5.41) is 14.4. The average molecular weight is 509 g/mol. The van der Waals surface area contributed by atoms with Crippen molar-refractivity contribution in [1.29, 1.82) is 0 Å². The number of aliphatic hydroxyl groups is 1. The van der Waals surface area contributed by atoms with E-state index in [1.165, 1.54) is 11.0 Å². The van der Waals surface area contributed by atoms with Gasteiger partial charge in [-0.3, -0.25) is 9.69 Å². The van der Waals surface area contributed by atoms with E-state index in [4.69, 9.17) is 14.5 Å². The molecule has 1 aromatic heterocycles. The predicted octanol–water partition coefficient (Wildman–Crippen LogP) is 1.83. The van der Waals surface area contributed by atoms with Crippen molar-refractivity contribution in [1.82, 2.24) is 20.1 Å². The fourth-order valence-corrected chi connectivity index (χ4v) is 5.76. The highest BCUT2D eigenvalue weighted by Gasteiger charge is 2.66. The number of rotatable bonds is 7. The van der Waals surface area contributed by atoms with Crippen LogP contribution in [-0.4, -0.2) is 76.1 Å². The molecule has 0 radical (unpaired) electrons. The molecule has 2 N–H and O–H groups in total. The van der Waals surface area contributed by atoms with Crippen LogP contribution < -0.4 is 5.32 Å². The number of hydrogen-bond donors (Lipinski definition) is 2. The molecule has 3 aliphatic heterocycles. The number of nitrogens with zero attached hydrogens (tertiary/aromatic N) is 3. The van der Waals surface area contributed by atoms with Gasteiger partial charge < -0.3 is 24.8 Å². The lowest BCUT2D eigenvalue weighted by Crippen LogP contribution is -2.68. The number of hydrogen-bond acceptors (Lipinski definition) is 7. The van der Waals surface area contributed by atoms with Crippen LogP contribution in [0.2, 0.25) is 0 Å². The zero-order valence-electron chi connectivity index (χ0n) is 20.3. The number of benzene rings is 1. The molecule has 2 saturated heterocycles. The molecule has 3 amide bonds. The Kier molecular flexibility index (Phi) is 5.32. The number of cyclic esters (lactones) is 1. The molecule has 1 aromatic carbocycles. The summed E-state index contributed by atoms with van der Waals surface area (Å²) >= 11 is 0. The number of esters is 1. The third-order valence-electron chi connectivity index (χ3n) is 7.65. The number of carbonyl (C=O) groups excluding carboxylic acids is 3. The fraction of sp³-hybridized carbons (Fsp3) is 0.385. The van der Waals surface area contributed by atoms with Crippen LogP contribution in [0.25, 0.3) is 22.6 Å². The van der Waals surface area contributed by atoms with Gasteiger partial charge in [0.1, 0.15) is 18.6 Å². The van der Waals surface area contributed by atoms with Gasteiger partial charge in [0, 0.05) is 22.6 Å². The van der Waals surface area contributed by atoms with Crippen LogP contribution in [0.15, 0.2) is 23.8 Å². The number of pyridine rings is 1. The minimum atomic E-state index is -1.85. The van der Waals surface area contributed by atoms with E-state index < -0.39 is 17.6 Å². The molecule has 0 bridgehead atoms. The Bertz CT molecular complexity index is 1440. The molecule has 0 spiro atoms. The second-order valence-electron chi connectivity index (χ2n) is 9.60. The van der Waals surface area contributed by atoms with Gasteiger partial charge in [0.25, 0.3) is 0 Å². The average Bonchev–Trinajstić information content (AvgIpc) is 3.62. The number of aryl methyl sites for hydroxylation is 1. The van der Waals surface area contributed by atoms with Crippen LogP contribution in [0.3, 0.4) is 0 Å². The summed E-state index contributed by atoms with van der Waals surface area (Å²) in [7, 11) is 0. The summed E-state index contributed by atoms with van der Waals surface area (Å²) < 4.78 is 25.1. The number of aromatic nitrogens is 1. The lowest BCUT2D eigenvalue weighted by molar-refractivity contribution is -0.193. The first kappa shape index (κ1) is 23.6. The smallest absolute Gasteiger partial charge is 0.342 e. The van der Waals surface area contributed by atoms with E-state index in [1.54, 1.807) is 30.9 Å². The topological polar surface area (TPSA) is 121 Å². The number of urea groups is 1. The van der Waals surface area contributed by atoms with Crippen molar-refractivity contribution in [3.05, 3.63) is 52.0 Å². The maximum absolute atomic E-state index is 14.6. The van der Waals surface area contributed by atoms with Crippen LogP contribution in [0.1, 0.15) is 35.7 Å². The van der Waals surface area contributed by atoms with Gasteiger partial charge in [-0.25, -0.2) is 19.0 Å². The molecule has 11 heteroatoms. The predicted molar refractivity (Wildman–Crippen MR) is 129 cm³/mol. The molecule has 0 saturated carbocycles. The molecule has 37 heavy (non-hydrogen) atoms. The van der Waals surface area contributed by atoms with Crippen LogP contribution in [0.4, 0.5) is 9.18 Å². The van der Waals surface area contributed by atoms with Gasteiger partial charge in [-0.2, -0.15) is 0 Å². The highest BCUT2D eigenvalue weighted by Crippen LogP contribution is 2.58. The molecular weight excluding hydrogens is 483 g/mol. The number of halogens is 1. The minimum Gasteiger partial charge on any atom is -0.442 e. The summed E-state index contributed by atoms with van der Waals surface area (Å²) in [4.78, 5) is 44.5. The first-order valence-electron chi connectivity index (χ1n) is 12.1. The number of amides is 3. The highest BCUT2D eigenvalue weighted by atomic mass is 19.1. The summed E-state index contributed by atoms with van der Waals surface area (Å²) in [6.07, 6.45) is 4.27. The summed E-state index contributed by atoms with van der Waals surface area (Å²) in [6.45, 7) is 3.65. The van der Waals surface area contributed by atoms with E-state index in [9.17, 15) is 23.9 Å². The lowest BCUT2D eigenvalue weighted by atomic mass is 9.85. The quantitative estimate of drug-likeness (QED) is 0.253. The van der Waals surface area contributed by atoms with Gasteiger partial charge in [0.05, 0.1) is 30.4 Å². The zero-order chi connectivity index (χ0) is 26.1. The Morgan fingerprint density at radius 1 is 1.35 bits per heavy atom. The van der Waals surface area contributed by atoms with E-state index in [0.717, 1.165) is 27.7 Å². The van der Waals surface area contributed by atoms with Crippen molar-refractivity contribution in [2.24, 2.45) is 0 Å². The SMILES string of the molecule is CC[C@@]1(O)C(=O)OCN2C(=O)N3Cc4c(nc5cc(F)c(C)cc5c4/C=C/COCNC=O)C4=C(C21)[C@H]43. The van der Waals surface area contributed by atoms with Gasteiger partial charge in [-0.1, -0.05) is 19.1 Å². The van der Waals surface area contributed by atoms with Crippen LogP contribution >= 0.6 is 0 Å². The maximum atomic E-state index is 14.6. The second-order valence-corrected chi connectivity index (χ2v) is 9.60. The fourth-order valence-electron chi connectivity index (χ4n) is 5.76. The standard InChI is InChI=1S/C26H25FN4O6/c1-3-26(35)23-20-19-21-16(9-30(22(19)20)25(34)31(23)12-37-24(26)33)14(5-4-6-36-11-28-10-32)15-7-13(2)17(27)8-18(15)29-21/h4-5,7-8,10,22-23,35H,3,6,9,11-12H2,1-2H3,(H,28,32)/b5-4+/t22-,23?,26-/m0/s1. The monoisotopic (exact) mass is 508 g/mol. The third-order valence-corrected chi connectivity index (χ3v) is 7.65. The van der Waals surface area contributed by atoms with E-state index in [1.807, 2.05) is 6.08 Å². The second kappa shape index (κ2) is 8.35. The number of ether oxygens (including phenoxy) is 2. The van der Waals surface area contributed by atoms with E-state index in [2.05, 4.69) is 5.32 Å². The highest BCUT2D eigenvalue weighted by molar-refractivity contribution is 6.04. The van der Waals surface area contributed by atoms with Gasteiger partial charge in [0.2, 0.25) is 6.41 Å². The Morgan fingerprint density at radius 2 is 2.16 bits per heavy atom. The minimum absolute atomic E-state index is 0.0614. The van der Waals surface area contributed by atoms with Crippen LogP contribution in [0.5, 0.6) is 0 Å². The largest absolute Gasteiger partial charge is 0.442 e. The van der Waals surface area contributed by atoms with Crippen molar-refractivity contribution >= 4 is 41.0 Å². The van der Waals surface area contributed by atoms with Crippen molar-refractivity contribution in [3.8, 4) is 0 Å². The first-order valence-corrected chi connectivity index (χ1v) is 12.1. The van der Waals surface area contributed by atoms with Gasteiger partial charge in [-0.05, 0) is 36.1 Å². The van der Waals surface area contributed by atoms with Crippen LogP contribution in [0, 0.1) is 12.7 Å². The molecule has 1 unspecified atom stereocenters. The summed E-state index contributed by atoms with van der Waals surface area (Å²) in [6, 6.07) is 1.61. The number of carbonyl (C=O) groups is 3. The maximum Gasteiger partial charge on any atom is 0.342 e. The molecule has 10 nitrogen and oxygen atoms in total. The lowest BCUT2D eigenvalue weighted by Gasteiger charge is -2.49. The third kappa shape index (κ3) is 3.30. The Labute approximate surface area is 211 Å². The molecule has 2 fully saturated rings. The Balaban J connectivity index is 1.50. The molecule has 192 valence electrons. The van der Waals surface area contributed by atoms with Crippen molar-refractivity contribution in [2.45, 2.75) is 44.5 Å². The molecular formula is C26H25FN4O6. The molecule has 4 heterocycles. The Morgan fingerprint density at radius 3 is 2.92 bits per heavy atom. The van der Waals surface area contributed by atoms with E-state index in [0.29, 0.717) is 23.2 Å². The molecule has 3 atom stereocenters. The molecule has 2 aromatic rings. The summed E-state index contributed by atoms with van der Waals surface area (Å²) in [5.74, 6) is -1.12.